The molecule has 0 aromatic carbocycles. The molecule has 3 aliphatic heterocycles. The van der Waals surface area contributed by atoms with Gasteiger partial charge in [0.2, 0.25) is 0 Å². The van der Waals surface area contributed by atoms with Crippen LogP contribution in [0.15, 0.2) is 0 Å². The molecule has 6 atom stereocenters. The van der Waals surface area contributed by atoms with Gasteiger partial charge in [0.1, 0.15) is 0 Å². The molecule has 0 aromatic heterocycles. The first-order valence-corrected chi connectivity index (χ1v) is 10.8. The Morgan fingerprint density at radius 2 is 1.59 bits per heavy atom. The molecular weight excluding hydrogens is 346 g/mol. The van der Waals surface area contributed by atoms with Crippen molar-refractivity contribution in [3.8, 4) is 0 Å². The third kappa shape index (κ3) is 6.12. The van der Waals surface area contributed by atoms with Gasteiger partial charge in [-0.1, -0.05) is 13.8 Å². The summed E-state index contributed by atoms with van der Waals surface area (Å²) in [6.07, 6.45) is 3.89. The zero-order valence-corrected chi connectivity index (χ0v) is 17.4. The molecule has 158 valence electrons. The quantitative estimate of drug-likeness (QED) is 0.575. The van der Waals surface area contributed by atoms with Gasteiger partial charge in [-0.25, -0.2) is 0 Å². The molecule has 3 heterocycles. The average molecular weight is 386 g/mol. The number of nitrogens with zero attached hydrogens (tertiary/aromatic N) is 1. The van der Waals surface area contributed by atoms with Crippen LogP contribution in [0, 0.1) is 17.8 Å². The summed E-state index contributed by atoms with van der Waals surface area (Å²) in [5.41, 5.74) is 0. The van der Waals surface area contributed by atoms with Crippen molar-refractivity contribution >= 4 is 0 Å². The fraction of sp³-hybridized carbons (Fsp3) is 1.00. The summed E-state index contributed by atoms with van der Waals surface area (Å²) < 4.78 is 29.3. The normalized spacial score (nSPS) is 37.9. The van der Waals surface area contributed by atoms with Crippen LogP contribution in [0.3, 0.4) is 0 Å². The molecule has 3 rings (SSSR count). The van der Waals surface area contributed by atoms with Gasteiger partial charge in [-0.15, -0.1) is 0 Å². The van der Waals surface area contributed by atoms with Crippen LogP contribution in [0.4, 0.5) is 0 Å². The van der Waals surface area contributed by atoms with Crippen LogP contribution in [-0.4, -0.2) is 89.6 Å². The summed E-state index contributed by atoms with van der Waals surface area (Å²) in [7, 11) is 1.80. The van der Waals surface area contributed by atoms with E-state index in [0.717, 1.165) is 71.9 Å². The Labute approximate surface area is 164 Å². The van der Waals surface area contributed by atoms with E-state index in [9.17, 15) is 0 Å². The molecule has 6 nitrogen and oxygen atoms in total. The van der Waals surface area contributed by atoms with Crippen LogP contribution >= 0.6 is 0 Å². The molecule has 0 saturated carbocycles. The van der Waals surface area contributed by atoms with Crippen LogP contribution in [0.1, 0.15) is 33.1 Å². The van der Waals surface area contributed by atoms with Gasteiger partial charge >= 0.3 is 0 Å². The molecule has 0 aliphatic carbocycles. The van der Waals surface area contributed by atoms with Crippen molar-refractivity contribution in [1.82, 2.24) is 4.90 Å². The van der Waals surface area contributed by atoms with E-state index in [4.69, 9.17) is 23.7 Å². The monoisotopic (exact) mass is 385 g/mol. The maximum atomic E-state index is 6.20. The third-order valence-electron chi connectivity index (χ3n) is 6.55. The fourth-order valence-corrected chi connectivity index (χ4v) is 4.64. The predicted molar refractivity (Wildman–Crippen MR) is 104 cm³/mol. The molecule has 0 spiro atoms. The molecule has 3 saturated heterocycles. The van der Waals surface area contributed by atoms with Gasteiger partial charge in [0.05, 0.1) is 38.1 Å². The first-order valence-electron chi connectivity index (χ1n) is 10.8. The van der Waals surface area contributed by atoms with Crippen LogP contribution in [0.5, 0.6) is 0 Å². The molecule has 0 aromatic rings. The SMILES string of the molecule is CCN1CC(C)[C@@H](OCC[C@@H]2COC[C@@H]2OCC[C@@H]2COCC[C@@H]2OC)C1. The maximum Gasteiger partial charge on any atom is 0.0859 e. The second kappa shape index (κ2) is 11.1. The molecule has 0 radical (unpaired) electrons. The first kappa shape index (κ1) is 21.5. The summed E-state index contributed by atoms with van der Waals surface area (Å²) in [5.74, 6) is 1.52. The zero-order chi connectivity index (χ0) is 19.1. The summed E-state index contributed by atoms with van der Waals surface area (Å²) in [5, 5.41) is 0. The summed E-state index contributed by atoms with van der Waals surface area (Å²) in [6, 6.07) is 0. The van der Waals surface area contributed by atoms with E-state index in [2.05, 4.69) is 18.7 Å². The van der Waals surface area contributed by atoms with E-state index in [0.29, 0.717) is 36.6 Å². The van der Waals surface area contributed by atoms with E-state index in [1.807, 2.05) is 0 Å². The van der Waals surface area contributed by atoms with E-state index in [1.165, 1.54) is 0 Å². The lowest BCUT2D eigenvalue weighted by Gasteiger charge is -2.30. The van der Waals surface area contributed by atoms with Gasteiger partial charge in [0.25, 0.3) is 0 Å². The number of methoxy groups -OCH3 is 1. The zero-order valence-electron chi connectivity index (χ0n) is 17.4. The molecule has 0 bridgehead atoms. The highest BCUT2D eigenvalue weighted by Crippen LogP contribution is 2.25. The number of rotatable bonds is 10. The Bertz CT molecular complexity index is 423. The predicted octanol–water partition coefficient (Wildman–Crippen LogP) is 2.21. The molecule has 0 amide bonds. The highest BCUT2D eigenvalue weighted by atomic mass is 16.5. The van der Waals surface area contributed by atoms with Gasteiger partial charge in [0.15, 0.2) is 0 Å². The van der Waals surface area contributed by atoms with Crippen LogP contribution in [-0.2, 0) is 23.7 Å². The molecule has 3 fully saturated rings. The maximum absolute atomic E-state index is 6.20. The standard InChI is InChI=1S/C21H39NO5/c1-4-22-11-16(2)20(12-22)26-9-6-18-14-25-15-21(18)27-10-5-17-13-24-8-7-19(17)23-3/h16-21H,4-15H2,1-3H3/t16?,17-,18-,19+,20+,21+/m1/s1. The topological polar surface area (TPSA) is 49.4 Å². The largest absolute Gasteiger partial charge is 0.381 e. The lowest BCUT2D eigenvalue weighted by molar-refractivity contribution is -0.0723. The Hall–Kier alpha value is -0.240. The number of likely N-dealkylation sites (tertiary alicyclic amines) is 1. The Balaban J connectivity index is 1.33. The highest BCUT2D eigenvalue weighted by molar-refractivity contribution is 4.82. The summed E-state index contributed by atoms with van der Waals surface area (Å²) in [6.45, 7) is 12.5. The Morgan fingerprint density at radius 3 is 2.30 bits per heavy atom. The van der Waals surface area contributed by atoms with Crippen LogP contribution in [0.2, 0.25) is 0 Å². The third-order valence-corrected chi connectivity index (χ3v) is 6.55. The number of ether oxygens (including phenoxy) is 5. The number of hydrogen-bond acceptors (Lipinski definition) is 6. The van der Waals surface area contributed by atoms with E-state index in [1.54, 1.807) is 7.11 Å². The van der Waals surface area contributed by atoms with E-state index < -0.39 is 0 Å². The summed E-state index contributed by atoms with van der Waals surface area (Å²) in [4.78, 5) is 2.47. The number of hydrogen-bond donors (Lipinski definition) is 0. The van der Waals surface area contributed by atoms with Crippen molar-refractivity contribution < 1.29 is 23.7 Å². The first-order chi connectivity index (χ1) is 13.2. The molecule has 0 N–H and O–H groups in total. The van der Waals surface area contributed by atoms with Crippen LogP contribution in [0.25, 0.3) is 0 Å². The smallest absolute Gasteiger partial charge is 0.0859 e. The van der Waals surface area contributed by atoms with Gasteiger partial charge in [0, 0.05) is 51.9 Å². The lowest BCUT2D eigenvalue weighted by atomic mass is 9.95. The Kier molecular flexibility index (Phi) is 8.81. The molecule has 3 aliphatic rings. The molecular formula is C21H39NO5. The summed E-state index contributed by atoms with van der Waals surface area (Å²) >= 11 is 0. The van der Waals surface area contributed by atoms with Gasteiger partial charge in [-0.2, -0.15) is 0 Å². The second-order valence-corrected chi connectivity index (χ2v) is 8.42. The van der Waals surface area contributed by atoms with E-state index in [-0.39, 0.29) is 6.10 Å². The minimum Gasteiger partial charge on any atom is -0.381 e. The minimum atomic E-state index is 0.201. The highest BCUT2D eigenvalue weighted by Gasteiger charge is 2.32. The van der Waals surface area contributed by atoms with Gasteiger partial charge in [-0.05, 0) is 31.7 Å². The van der Waals surface area contributed by atoms with Crippen molar-refractivity contribution in [1.29, 1.82) is 0 Å². The van der Waals surface area contributed by atoms with Gasteiger partial charge < -0.3 is 28.6 Å². The molecule has 6 heteroatoms. The second-order valence-electron chi connectivity index (χ2n) is 8.42. The minimum absolute atomic E-state index is 0.201. The fourth-order valence-electron chi connectivity index (χ4n) is 4.64. The molecule has 27 heavy (non-hydrogen) atoms. The van der Waals surface area contributed by atoms with Crippen molar-refractivity contribution in [2.24, 2.45) is 17.8 Å². The van der Waals surface area contributed by atoms with E-state index >= 15 is 0 Å². The van der Waals surface area contributed by atoms with Crippen molar-refractivity contribution in [3.05, 3.63) is 0 Å². The average Bonchev–Trinajstić information content (AvgIpc) is 3.28. The van der Waals surface area contributed by atoms with Crippen LogP contribution < -0.4 is 0 Å². The van der Waals surface area contributed by atoms with Gasteiger partial charge in [-0.3, -0.25) is 0 Å². The number of likely N-dealkylation sites (N-methyl/N-ethyl adjacent to an activating group) is 1. The van der Waals surface area contributed by atoms with Crippen molar-refractivity contribution in [2.75, 3.05) is 66.4 Å². The van der Waals surface area contributed by atoms with Crippen molar-refractivity contribution in [2.45, 2.75) is 51.4 Å². The lowest BCUT2D eigenvalue weighted by Crippen LogP contribution is -2.35. The molecule has 1 unspecified atom stereocenters. The van der Waals surface area contributed by atoms with Crippen molar-refractivity contribution in [3.63, 3.8) is 0 Å². The Morgan fingerprint density at radius 1 is 0.889 bits per heavy atom.